The molecule has 25 heavy (non-hydrogen) atoms. The molecular weight excluding hydrogens is 334 g/mol. The second-order valence-corrected chi connectivity index (χ2v) is 6.26. The second kappa shape index (κ2) is 7.99. The van der Waals surface area contributed by atoms with Crippen LogP contribution in [0.4, 0.5) is 5.82 Å². The fraction of sp³-hybridized carbons (Fsp3) is 0.200. The third-order valence-electron chi connectivity index (χ3n) is 4.12. The summed E-state index contributed by atoms with van der Waals surface area (Å²) in [5.41, 5.74) is 2.75. The molecule has 0 aliphatic heterocycles. The van der Waals surface area contributed by atoms with Crippen LogP contribution in [0.3, 0.4) is 0 Å². The van der Waals surface area contributed by atoms with E-state index in [1.54, 1.807) is 17.0 Å². The maximum atomic E-state index is 12.7. The average Bonchev–Trinajstić information content (AvgIpc) is 2.63. The van der Waals surface area contributed by atoms with Gasteiger partial charge < -0.3 is 5.32 Å². The van der Waals surface area contributed by atoms with Crippen LogP contribution in [0.1, 0.15) is 17.5 Å². The van der Waals surface area contributed by atoms with E-state index in [0.717, 1.165) is 24.1 Å². The molecule has 0 amide bonds. The van der Waals surface area contributed by atoms with Crippen molar-refractivity contribution >= 4 is 17.4 Å². The van der Waals surface area contributed by atoms with Crippen molar-refractivity contribution in [1.82, 2.24) is 9.55 Å². The van der Waals surface area contributed by atoms with Crippen molar-refractivity contribution in [2.75, 3.05) is 11.9 Å². The van der Waals surface area contributed by atoms with Crippen molar-refractivity contribution in [3.05, 3.63) is 87.4 Å². The summed E-state index contributed by atoms with van der Waals surface area (Å²) >= 11 is 6.17. The predicted octanol–water partition coefficient (Wildman–Crippen LogP) is 4.24. The number of nitrogens with one attached hydrogen (secondary N) is 1. The number of nitrogens with zero attached hydrogens (tertiary/aromatic N) is 2. The first-order chi connectivity index (χ1) is 12.2. The van der Waals surface area contributed by atoms with E-state index in [-0.39, 0.29) is 5.56 Å². The summed E-state index contributed by atoms with van der Waals surface area (Å²) in [6, 6.07) is 15.8. The second-order valence-electron chi connectivity index (χ2n) is 5.85. The molecule has 0 radical (unpaired) electrons. The Morgan fingerprint density at radius 2 is 1.92 bits per heavy atom. The van der Waals surface area contributed by atoms with Gasteiger partial charge >= 0.3 is 0 Å². The predicted molar refractivity (Wildman–Crippen MR) is 103 cm³/mol. The highest BCUT2D eigenvalue weighted by molar-refractivity contribution is 6.31. The van der Waals surface area contributed by atoms with Crippen LogP contribution in [0.25, 0.3) is 5.69 Å². The van der Waals surface area contributed by atoms with Crippen LogP contribution in [0.5, 0.6) is 0 Å². The van der Waals surface area contributed by atoms with E-state index in [1.165, 1.54) is 5.56 Å². The third kappa shape index (κ3) is 4.09. The van der Waals surface area contributed by atoms with E-state index < -0.39 is 0 Å². The van der Waals surface area contributed by atoms with Crippen LogP contribution in [0.2, 0.25) is 5.02 Å². The van der Waals surface area contributed by atoms with Gasteiger partial charge in [-0.1, -0.05) is 48.0 Å². The molecule has 0 spiro atoms. The molecule has 1 heterocycles. The zero-order valence-electron chi connectivity index (χ0n) is 14.1. The number of hydrogen-bond donors (Lipinski definition) is 1. The molecule has 0 saturated carbocycles. The number of aromatic nitrogens is 2. The molecule has 0 saturated heterocycles. The molecule has 1 N–H and O–H groups in total. The lowest BCUT2D eigenvalue weighted by Crippen LogP contribution is -2.24. The van der Waals surface area contributed by atoms with E-state index in [0.29, 0.717) is 17.4 Å². The minimum absolute atomic E-state index is 0.174. The standard InChI is InChI=1S/C20H20ClN3O/c1-15-17(21)10-5-11-18(15)24-14-13-23-19(20(24)25)22-12-6-9-16-7-3-2-4-8-16/h2-5,7-8,10-11,13-14H,6,9,12H2,1H3,(H,22,23). The van der Waals surface area contributed by atoms with Crippen LogP contribution in [0.15, 0.2) is 65.7 Å². The monoisotopic (exact) mass is 353 g/mol. The van der Waals surface area contributed by atoms with Gasteiger partial charge in [0.25, 0.3) is 5.56 Å². The molecule has 1 aromatic heterocycles. The summed E-state index contributed by atoms with van der Waals surface area (Å²) in [5.74, 6) is 0.356. The maximum absolute atomic E-state index is 12.7. The summed E-state index contributed by atoms with van der Waals surface area (Å²) in [6.45, 7) is 2.59. The van der Waals surface area contributed by atoms with Crippen LogP contribution < -0.4 is 10.9 Å². The maximum Gasteiger partial charge on any atom is 0.297 e. The molecule has 3 aromatic rings. The normalized spacial score (nSPS) is 10.6. The lowest BCUT2D eigenvalue weighted by Gasteiger charge is -2.12. The minimum Gasteiger partial charge on any atom is -0.365 e. The molecule has 0 aliphatic rings. The fourth-order valence-electron chi connectivity index (χ4n) is 2.72. The number of anilines is 1. The van der Waals surface area contributed by atoms with E-state index in [1.807, 2.05) is 43.3 Å². The number of rotatable bonds is 6. The van der Waals surface area contributed by atoms with Crippen molar-refractivity contribution in [3.8, 4) is 5.69 Å². The van der Waals surface area contributed by atoms with E-state index in [2.05, 4.69) is 22.4 Å². The van der Waals surface area contributed by atoms with Crippen LogP contribution in [-0.2, 0) is 6.42 Å². The van der Waals surface area contributed by atoms with Gasteiger partial charge in [0.2, 0.25) is 0 Å². The molecule has 5 heteroatoms. The summed E-state index contributed by atoms with van der Waals surface area (Å²) in [6.07, 6.45) is 5.18. The summed E-state index contributed by atoms with van der Waals surface area (Å²) < 4.78 is 1.58. The van der Waals surface area contributed by atoms with E-state index in [9.17, 15) is 4.79 Å². The lowest BCUT2D eigenvalue weighted by atomic mass is 10.1. The van der Waals surface area contributed by atoms with Gasteiger partial charge in [-0.15, -0.1) is 0 Å². The number of benzene rings is 2. The number of hydrogen-bond acceptors (Lipinski definition) is 3. The summed E-state index contributed by atoms with van der Waals surface area (Å²) in [4.78, 5) is 16.9. The van der Waals surface area contributed by atoms with Crippen LogP contribution in [0, 0.1) is 6.92 Å². The fourth-order valence-corrected chi connectivity index (χ4v) is 2.89. The zero-order valence-corrected chi connectivity index (χ0v) is 14.8. The quantitative estimate of drug-likeness (QED) is 0.674. The number of halogens is 1. The summed E-state index contributed by atoms with van der Waals surface area (Å²) in [7, 11) is 0. The van der Waals surface area contributed by atoms with E-state index in [4.69, 9.17) is 11.6 Å². The topological polar surface area (TPSA) is 46.9 Å². The highest BCUT2D eigenvalue weighted by Crippen LogP contribution is 2.21. The van der Waals surface area contributed by atoms with Gasteiger partial charge in [0.1, 0.15) is 0 Å². The van der Waals surface area contributed by atoms with Crippen molar-refractivity contribution in [2.45, 2.75) is 19.8 Å². The Morgan fingerprint density at radius 1 is 1.12 bits per heavy atom. The highest BCUT2D eigenvalue weighted by atomic mass is 35.5. The molecule has 0 bridgehead atoms. The van der Waals surface area contributed by atoms with Gasteiger partial charge in [0, 0.05) is 24.0 Å². The molecule has 0 unspecified atom stereocenters. The Labute approximate surface area is 152 Å². The first-order valence-corrected chi connectivity index (χ1v) is 8.65. The van der Waals surface area contributed by atoms with Crippen molar-refractivity contribution < 1.29 is 0 Å². The summed E-state index contributed by atoms with van der Waals surface area (Å²) in [5, 5.41) is 3.79. The van der Waals surface area contributed by atoms with Gasteiger partial charge in [-0.2, -0.15) is 0 Å². The molecule has 0 aliphatic carbocycles. The Hall–Kier alpha value is -2.59. The van der Waals surface area contributed by atoms with Gasteiger partial charge in [0.15, 0.2) is 5.82 Å². The largest absolute Gasteiger partial charge is 0.365 e. The number of aryl methyl sites for hydroxylation is 1. The van der Waals surface area contributed by atoms with Crippen LogP contribution in [-0.4, -0.2) is 16.1 Å². The van der Waals surface area contributed by atoms with E-state index >= 15 is 0 Å². The van der Waals surface area contributed by atoms with Crippen molar-refractivity contribution in [1.29, 1.82) is 0 Å². The first-order valence-electron chi connectivity index (χ1n) is 8.28. The smallest absolute Gasteiger partial charge is 0.297 e. The molecule has 0 fully saturated rings. The Bertz CT molecular complexity index is 906. The highest BCUT2D eigenvalue weighted by Gasteiger charge is 2.09. The van der Waals surface area contributed by atoms with Crippen molar-refractivity contribution in [3.63, 3.8) is 0 Å². The van der Waals surface area contributed by atoms with Crippen LogP contribution >= 0.6 is 11.6 Å². The third-order valence-corrected chi connectivity index (χ3v) is 4.53. The minimum atomic E-state index is -0.174. The molecular formula is C20H20ClN3O. The molecule has 4 nitrogen and oxygen atoms in total. The molecule has 0 atom stereocenters. The van der Waals surface area contributed by atoms with Gasteiger partial charge in [-0.05, 0) is 43.0 Å². The van der Waals surface area contributed by atoms with Gasteiger partial charge in [0.05, 0.1) is 5.69 Å². The van der Waals surface area contributed by atoms with Gasteiger partial charge in [-0.3, -0.25) is 9.36 Å². The first kappa shape index (κ1) is 17.2. The molecule has 3 rings (SSSR count). The van der Waals surface area contributed by atoms with Gasteiger partial charge in [-0.25, -0.2) is 4.98 Å². The average molecular weight is 354 g/mol. The lowest BCUT2D eigenvalue weighted by molar-refractivity contribution is 0.849. The zero-order chi connectivity index (χ0) is 17.6. The molecule has 2 aromatic carbocycles. The Kier molecular flexibility index (Phi) is 5.51. The Balaban J connectivity index is 1.71. The SMILES string of the molecule is Cc1c(Cl)cccc1-n1ccnc(NCCCc2ccccc2)c1=O. The van der Waals surface area contributed by atoms with Crippen molar-refractivity contribution in [2.24, 2.45) is 0 Å². The molecule has 128 valence electrons. The Morgan fingerprint density at radius 3 is 2.72 bits per heavy atom.